The maximum atomic E-state index is 13.3. The topological polar surface area (TPSA) is 26.0 Å². The predicted octanol–water partition coefficient (Wildman–Crippen LogP) is 3.27. The Kier molecular flexibility index (Phi) is 6.63. The Morgan fingerprint density at radius 2 is 2.00 bits per heavy atom. The quantitative estimate of drug-likeness (QED) is 0.659. The van der Waals surface area contributed by atoms with Crippen LogP contribution in [0.25, 0.3) is 0 Å². The molecule has 15 heavy (non-hydrogen) atoms. The summed E-state index contributed by atoms with van der Waals surface area (Å²) in [6, 6.07) is 2.59. The first-order valence-corrected chi connectivity index (χ1v) is 5.52. The van der Waals surface area contributed by atoms with Gasteiger partial charge in [0.15, 0.2) is 11.6 Å². The molecule has 0 saturated heterocycles. The normalized spacial score (nSPS) is 12.1. The molecule has 86 valence electrons. The van der Waals surface area contributed by atoms with Crippen LogP contribution in [-0.4, -0.2) is 6.04 Å². The second-order valence-corrected chi connectivity index (χ2v) is 4.36. The summed E-state index contributed by atoms with van der Waals surface area (Å²) in [6.07, 6.45) is 1.14. The van der Waals surface area contributed by atoms with Crippen LogP contribution in [0.5, 0.6) is 0 Å². The van der Waals surface area contributed by atoms with Crippen molar-refractivity contribution in [3.05, 3.63) is 32.9 Å². The molecule has 1 nitrogen and oxygen atoms in total. The number of hydrogen-bond acceptors (Lipinski definition) is 1. The second kappa shape index (κ2) is 6.60. The zero-order valence-corrected chi connectivity index (χ0v) is 11.2. The Morgan fingerprint density at radius 3 is 2.53 bits per heavy atom. The van der Waals surface area contributed by atoms with Gasteiger partial charge in [0.2, 0.25) is 0 Å². The van der Waals surface area contributed by atoms with E-state index in [0.29, 0.717) is 12.0 Å². The molecule has 0 aliphatic rings. The molecule has 5 heteroatoms. The molecule has 0 spiro atoms. The molecular weight excluding hydrogens is 334 g/mol. The summed E-state index contributed by atoms with van der Waals surface area (Å²) in [5, 5.41) is 0. The lowest BCUT2D eigenvalue weighted by atomic mass is 10.0. The number of halogens is 4. The third kappa shape index (κ3) is 3.85. The maximum Gasteiger partial charge on any atom is 0.163 e. The average Bonchev–Trinajstić information content (AvgIpc) is 2.18. The van der Waals surface area contributed by atoms with Crippen molar-refractivity contribution < 1.29 is 8.78 Å². The highest BCUT2D eigenvalue weighted by molar-refractivity contribution is 14.1. The van der Waals surface area contributed by atoms with Gasteiger partial charge in [0.25, 0.3) is 0 Å². The van der Waals surface area contributed by atoms with Gasteiger partial charge in [0.1, 0.15) is 0 Å². The smallest absolute Gasteiger partial charge is 0.163 e. The molecule has 1 rings (SSSR count). The van der Waals surface area contributed by atoms with Crippen molar-refractivity contribution in [2.45, 2.75) is 25.8 Å². The zero-order valence-electron chi connectivity index (χ0n) is 8.27. The molecule has 1 aromatic carbocycles. The molecule has 0 saturated carbocycles. The molecule has 1 aromatic rings. The van der Waals surface area contributed by atoms with E-state index in [1.54, 1.807) is 6.07 Å². The molecule has 2 N–H and O–H groups in total. The summed E-state index contributed by atoms with van der Waals surface area (Å²) in [6.45, 7) is 1.93. The predicted molar refractivity (Wildman–Crippen MR) is 68.3 cm³/mol. The number of hydrogen-bond donors (Lipinski definition) is 1. The van der Waals surface area contributed by atoms with Crippen LogP contribution >= 0.6 is 35.0 Å². The van der Waals surface area contributed by atoms with Crippen LogP contribution in [0.3, 0.4) is 0 Å². The van der Waals surface area contributed by atoms with Gasteiger partial charge in [-0.3, -0.25) is 0 Å². The highest BCUT2D eigenvalue weighted by atomic mass is 127. The number of nitrogens with two attached hydrogens (primary N) is 1. The summed E-state index contributed by atoms with van der Waals surface area (Å²) in [5.41, 5.74) is 6.09. The summed E-state index contributed by atoms with van der Waals surface area (Å²) in [7, 11) is 0. The monoisotopic (exact) mass is 347 g/mol. The van der Waals surface area contributed by atoms with E-state index in [1.165, 1.54) is 0 Å². The van der Waals surface area contributed by atoms with Crippen molar-refractivity contribution in [3.63, 3.8) is 0 Å². The van der Waals surface area contributed by atoms with Crippen molar-refractivity contribution in [2.75, 3.05) is 0 Å². The van der Waals surface area contributed by atoms with Gasteiger partial charge in [-0.2, -0.15) is 0 Å². The first-order chi connectivity index (χ1) is 6.56. The van der Waals surface area contributed by atoms with Crippen LogP contribution in [0.1, 0.15) is 18.9 Å². The van der Waals surface area contributed by atoms with Gasteiger partial charge in [-0.15, -0.1) is 12.4 Å². The van der Waals surface area contributed by atoms with Crippen LogP contribution in [0.4, 0.5) is 8.78 Å². The van der Waals surface area contributed by atoms with Crippen LogP contribution in [-0.2, 0) is 6.42 Å². The van der Waals surface area contributed by atoms with E-state index in [9.17, 15) is 8.78 Å². The van der Waals surface area contributed by atoms with Gasteiger partial charge in [-0.1, -0.05) is 6.92 Å². The first kappa shape index (κ1) is 15.1. The summed E-state index contributed by atoms with van der Waals surface area (Å²) >= 11 is 1.99. The van der Waals surface area contributed by atoms with Crippen molar-refractivity contribution in [1.82, 2.24) is 0 Å². The van der Waals surface area contributed by atoms with Gasteiger partial charge in [0, 0.05) is 15.2 Å². The molecule has 0 bridgehead atoms. The number of benzene rings is 1. The highest BCUT2D eigenvalue weighted by Gasteiger charge is 2.14. The maximum absolute atomic E-state index is 13.3. The Hall–Kier alpha value is 0.0600. The van der Waals surface area contributed by atoms with E-state index in [4.69, 9.17) is 5.73 Å². The molecule has 0 heterocycles. The van der Waals surface area contributed by atoms with E-state index in [2.05, 4.69) is 0 Å². The molecular formula is C10H13ClF2IN. The number of rotatable bonds is 3. The van der Waals surface area contributed by atoms with Gasteiger partial charge in [-0.25, -0.2) is 8.78 Å². The van der Waals surface area contributed by atoms with Crippen molar-refractivity contribution in [1.29, 1.82) is 0 Å². The fourth-order valence-corrected chi connectivity index (χ4v) is 1.80. The van der Waals surface area contributed by atoms with Gasteiger partial charge < -0.3 is 5.73 Å². The standard InChI is InChI=1S/C10H12F2IN.ClH/c1-2-6(14)5-7-9(13)4-3-8(11)10(7)12;/h3-4,6H,2,5,14H2,1H3;1H. The van der Waals surface area contributed by atoms with E-state index in [1.807, 2.05) is 29.5 Å². The van der Waals surface area contributed by atoms with Gasteiger partial charge in [-0.05, 0) is 47.6 Å². The Labute approximate surface area is 108 Å². The van der Waals surface area contributed by atoms with Crippen molar-refractivity contribution >= 4 is 35.0 Å². The molecule has 0 amide bonds. The SMILES string of the molecule is CCC(N)Cc1c(I)ccc(F)c1F.Cl. The highest BCUT2D eigenvalue weighted by Crippen LogP contribution is 2.20. The average molecular weight is 348 g/mol. The lowest BCUT2D eigenvalue weighted by Crippen LogP contribution is -2.22. The fraction of sp³-hybridized carbons (Fsp3) is 0.400. The van der Waals surface area contributed by atoms with Crippen molar-refractivity contribution in [2.24, 2.45) is 5.73 Å². The molecule has 0 radical (unpaired) electrons. The molecule has 0 fully saturated rings. The van der Waals surface area contributed by atoms with E-state index in [-0.39, 0.29) is 18.4 Å². The lowest BCUT2D eigenvalue weighted by molar-refractivity contribution is 0.490. The third-order valence-corrected chi connectivity index (χ3v) is 3.14. The first-order valence-electron chi connectivity index (χ1n) is 4.44. The zero-order chi connectivity index (χ0) is 10.7. The fourth-order valence-electron chi connectivity index (χ4n) is 1.16. The van der Waals surface area contributed by atoms with Crippen LogP contribution < -0.4 is 5.73 Å². The van der Waals surface area contributed by atoms with Crippen LogP contribution in [0.15, 0.2) is 12.1 Å². The summed E-state index contributed by atoms with van der Waals surface area (Å²) in [4.78, 5) is 0. The van der Waals surface area contributed by atoms with Crippen LogP contribution in [0.2, 0.25) is 0 Å². The van der Waals surface area contributed by atoms with Gasteiger partial charge in [0.05, 0.1) is 0 Å². The largest absolute Gasteiger partial charge is 0.327 e. The molecule has 0 aromatic heterocycles. The second-order valence-electron chi connectivity index (χ2n) is 3.19. The van der Waals surface area contributed by atoms with Gasteiger partial charge >= 0.3 is 0 Å². The van der Waals surface area contributed by atoms with E-state index >= 15 is 0 Å². The van der Waals surface area contributed by atoms with Crippen molar-refractivity contribution in [3.8, 4) is 0 Å². The molecule has 1 unspecified atom stereocenters. The molecule has 0 aliphatic carbocycles. The Balaban J connectivity index is 0.00000196. The molecule has 1 atom stereocenters. The minimum atomic E-state index is -0.802. The van der Waals surface area contributed by atoms with E-state index < -0.39 is 11.6 Å². The lowest BCUT2D eigenvalue weighted by Gasteiger charge is -2.11. The Morgan fingerprint density at radius 1 is 1.40 bits per heavy atom. The third-order valence-electron chi connectivity index (χ3n) is 2.13. The summed E-state index contributed by atoms with van der Waals surface area (Å²) < 4.78 is 26.9. The Bertz CT molecular complexity index is 333. The summed E-state index contributed by atoms with van der Waals surface area (Å²) in [5.74, 6) is -1.57. The minimum absolute atomic E-state index is 0. The molecule has 0 aliphatic heterocycles. The minimum Gasteiger partial charge on any atom is -0.327 e. The van der Waals surface area contributed by atoms with E-state index in [0.717, 1.165) is 16.1 Å². The van der Waals surface area contributed by atoms with Crippen LogP contribution in [0, 0.1) is 15.2 Å².